The van der Waals surface area contributed by atoms with Crippen molar-refractivity contribution in [3.8, 4) is 0 Å². The summed E-state index contributed by atoms with van der Waals surface area (Å²) in [6.45, 7) is 6.40. The average Bonchev–Trinajstić information content (AvgIpc) is 3.24. The molecule has 6 heteroatoms. The number of allylic oxidation sites excluding steroid dienone is 4. The fourth-order valence-electron chi connectivity index (χ4n) is 8.29. The number of aliphatic hydroxyl groups is 2. The standard InChI is InChI=1S/C54H103NO5/c1-4-7-10-13-16-19-22-25-27-28-31-34-37-40-43-46-52(57)51(49-56)55-53(58)48-50(45-42-39-36-33-30-24-21-18-15-12-9-6-3)60-54(59)47-44-41-38-35-32-29-26-23-20-17-14-11-8-5-2/h8,11,17,20,50-52,56-57H,4-7,9-10,12-16,18-19,21-49H2,1-3H3,(H,55,58)/b11-8+,20-17+. The molecule has 0 fully saturated rings. The Morgan fingerprint density at radius 2 is 0.900 bits per heavy atom. The van der Waals surface area contributed by atoms with Gasteiger partial charge in [0.05, 0.1) is 25.2 Å². The molecule has 0 bridgehead atoms. The maximum absolute atomic E-state index is 13.2. The van der Waals surface area contributed by atoms with Crippen molar-refractivity contribution < 1.29 is 24.5 Å². The molecule has 3 unspecified atom stereocenters. The largest absolute Gasteiger partial charge is 0.462 e. The average molecular weight is 846 g/mol. The molecule has 0 aromatic rings. The lowest BCUT2D eigenvalue weighted by atomic mass is 10.0. The van der Waals surface area contributed by atoms with Crippen LogP contribution in [0.5, 0.6) is 0 Å². The van der Waals surface area contributed by atoms with Gasteiger partial charge in [0.2, 0.25) is 5.91 Å². The number of hydrogen-bond acceptors (Lipinski definition) is 5. The molecular formula is C54H103NO5. The Morgan fingerprint density at radius 3 is 1.35 bits per heavy atom. The Kier molecular flexibility index (Phi) is 47.0. The summed E-state index contributed by atoms with van der Waals surface area (Å²) in [7, 11) is 0. The Bertz CT molecular complexity index is 950. The van der Waals surface area contributed by atoms with E-state index >= 15 is 0 Å². The normalized spacial score (nSPS) is 13.3. The van der Waals surface area contributed by atoms with Gasteiger partial charge < -0.3 is 20.3 Å². The minimum Gasteiger partial charge on any atom is -0.462 e. The lowest BCUT2D eigenvalue weighted by Crippen LogP contribution is -2.46. The molecule has 0 aromatic carbocycles. The highest BCUT2D eigenvalue weighted by Crippen LogP contribution is 2.19. The maximum atomic E-state index is 13.2. The van der Waals surface area contributed by atoms with Crippen LogP contribution in [0.15, 0.2) is 24.3 Å². The molecule has 3 N–H and O–H groups in total. The zero-order valence-electron chi connectivity index (χ0n) is 40.4. The van der Waals surface area contributed by atoms with Crippen LogP contribution >= 0.6 is 0 Å². The number of esters is 1. The molecule has 60 heavy (non-hydrogen) atoms. The topological polar surface area (TPSA) is 95.9 Å². The van der Waals surface area contributed by atoms with Crippen LogP contribution in [0.2, 0.25) is 0 Å². The summed E-state index contributed by atoms with van der Waals surface area (Å²) in [5, 5.41) is 23.8. The summed E-state index contributed by atoms with van der Waals surface area (Å²) in [5.74, 6) is -0.468. The zero-order valence-corrected chi connectivity index (χ0v) is 40.4. The second-order valence-corrected chi connectivity index (χ2v) is 18.3. The summed E-state index contributed by atoms with van der Waals surface area (Å²) in [4.78, 5) is 26.1. The molecule has 3 atom stereocenters. The number of amides is 1. The van der Waals surface area contributed by atoms with Gasteiger partial charge in [0.15, 0.2) is 0 Å². The van der Waals surface area contributed by atoms with E-state index < -0.39 is 18.2 Å². The lowest BCUT2D eigenvalue weighted by Gasteiger charge is -2.24. The maximum Gasteiger partial charge on any atom is 0.306 e. The van der Waals surface area contributed by atoms with Crippen LogP contribution in [0.4, 0.5) is 0 Å². The summed E-state index contributed by atoms with van der Waals surface area (Å²) in [6, 6.07) is -0.698. The molecule has 0 saturated heterocycles. The Balaban J connectivity index is 4.50. The fourth-order valence-corrected chi connectivity index (χ4v) is 8.29. The highest BCUT2D eigenvalue weighted by molar-refractivity contribution is 5.77. The molecule has 0 radical (unpaired) electrons. The fraction of sp³-hybridized carbons (Fsp3) is 0.889. The number of ether oxygens (including phenoxy) is 1. The molecule has 0 aliphatic carbocycles. The second-order valence-electron chi connectivity index (χ2n) is 18.3. The van der Waals surface area contributed by atoms with Crippen molar-refractivity contribution in [3.63, 3.8) is 0 Å². The lowest BCUT2D eigenvalue weighted by molar-refractivity contribution is -0.151. The van der Waals surface area contributed by atoms with E-state index in [2.05, 4.69) is 50.4 Å². The van der Waals surface area contributed by atoms with Crippen LogP contribution in [0.25, 0.3) is 0 Å². The Hall–Kier alpha value is -1.66. The molecule has 6 nitrogen and oxygen atoms in total. The third kappa shape index (κ3) is 43.0. The summed E-state index contributed by atoms with van der Waals surface area (Å²) < 4.78 is 5.94. The van der Waals surface area contributed by atoms with Gasteiger partial charge >= 0.3 is 5.97 Å². The Morgan fingerprint density at radius 1 is 0.500 bits per heavy atom. The van der Waals surface area contributed by atoms with Crippen molar-refractivity contribution in [2.24, 2.45) is 0 Å². The highest BCUT2D eigenvalue weighted by atomic mass is 16.5. The van der Waals surface area contributed by atoms with Gasteiger partial charge in [-0.25, -0.2) is 0 Å². The molecule has 0 saturated carbocycles. The van der Waals surface area contributed by atoms with Crippen molar-refractivity contribution in [2.45, 2.75) is 302 Å². The SMILES string of the molecule is CC/C=C/C/C=C/CCCCCCCCCC(=O)OC(CCCCCCCCCCCCCC)CC(=O)NC(CO)C(O)CCCCCCCCCCCCCCCCC. The van der Waals surface area contributed by atoms with Crippen molar-refractivity contribution >= 4 is 11.9 Å². The predicted octanol–water partition coefficient (Wildman–Crippen LogP) is 15.9. The van der Waals surface area contributed by atoms with Gasteiger partial charge in [-0.1, -0.05) is 244 Å². The minimum absolute atomic E-state index is 0.0799. The summed E-state index contributed by atoms with van der Waals surface area (Å²) >= 11 is 0. The van der Waals surface area contributed by atoms with Gasteiger partial charge in [0.25, 0.3) is 0 Å². The molecule has 0 heterocycles. The number of rotatable bonds is 48. The molecule has 0 rings (SSSR count). The van der Waals surface area contributed by atoms with Crippen LogP contribution in [0, 0.1) is 0 Å². The van der Waals surface area contributed by atoms with Gasteiger partial charge in [-0.3, -0.25) is 9.59 Å². The molecule has 0 aliphatic heterocycles. The van der Waals surface area contributed by atoms with Crippen LogP contribution in [0.1, 0.15) is 284 Å². The Labute approximate surface area is 373 Å². The third-order valence-electron chi connectivity index (χ3n) is 12.3. The quantitative estimate of drug-likeness (QED) is 0.0322. The first-order chi connectivity index (χ1) is 29.5. The van der Waals surface area contributed by atoms with Crippen molar-refractivity contribution in [1.29, 1.82) is 0 Å². The second kappa shape index (κ2) is 48.4. The first-order valence-corrected chi connectivity index (χ1v) is 26.6. The van der Waals surface area contributed by atoms with Crippen molar-refractivity contribution in [2.75, 3.05) is 6.61 Å². The number of unbranched alkanes of at least 4 members (excludes halogenated alkanes) is 32. The van der Waals surface area contributed by atoms with Gasteiger partial charge in [-0.2, -0.15) is 0 Å². The van der Waals surface area contributed by atoms with Gasteiger partial charge in [-0.15, -0.1) is 0 Å². The number of carbonyl (C=O) groups excluding carboxylic acids is 2. The van der Waals surface area contributed by atoms with Crippen LogP contribution < -0.4 is 5.32 Å². The van der Waals surface area contributed by atoms with E-state index in [0.717, 1.165) is 64.2 Å². The third-order valence-corrected chi connectivity index (χ3v) is 12.3. The van der Waals surface area contributed by atoms with Crippen molar-refractivity contribution in [3.05, 3.63) is 24.3 Å². The first-order valence-electron chi connectivity index (χ1n) is 26.6. The minimum atomic E-state index is -0.784. The van der Waals surface area contributed by atoms with E-state index in [1.54, 1.807) is 0 Å². The number of hydrogen-bond donors (Lipinski definition) is 3. The van der Waals surface area contributed by atoms with E-state index in [4.69, 9.17) is 4.74 Å². The van der Waals surface area contributed by atoms with Gasteiger partial charge in [0.1, 0.15) is 6.10 Å². The summed E-state index contributed by atoms with van der Waals surface area (Å²) in [5.41, 5.74) is 0. The molecular weight excluding hydrogens is 743 g/mol. The number of aliphatic hydroxyl groups excluding tert-OH is 2. The monoisotopic (exact) mass is 846 g/mol. The van der Waals surface area contributed by atoms with E-state index in [1.807, 2.05) is 0 Å². The van der Waals surface area contributed by atoms with Crippen molar-refractivity contribution in [1.82, 2.24) is 5.32 Å². The molecule has 0 aromatic heterocycles. The number of carbonyl (C=O) groups is 2. The van der Waals surface area contributed by atoms with E-state index in [0.29, 0.717) is 19.3 Å². The molecule has 354 valence electrons. The van der Waals surface area contributed by atoms with E-state index in [9.17, 15) is 19.8 Å². The summed E-state index contributed by atoms with van der Waals surface area (Å²) in [6.07, 6.45) is 55.2. The van der Waals surface area contributed by atoms with E-state index in [1.165, 1.54) is 173 Å². The smallest absolute Gasteiger partial charge is 0.306 e. The van der Waals surface area contributed by atoms with Gasteiger partial charge in [-0.05, 0) is 51.4 Å². The van der Waals surface area contributed by atoms with Crippen LogP contribution in [0.3, 0.4) is 0 Å². The molecule has 0 aliphatic rings. The van der Waals surface area contributed by atoms with Gasteiger partial charge in [0, 0.05) is 6.42 Å². The molecule has 0 spiro atoms. The predicted molar refractivity (Wildman–Crippen MR) is 260 cm³/mol. The number of nitrogens with one attached hydrogen (secondary N) is 1. The zero-order chi connectivity index (χ0) is 43.8. The highest BCUT2D eigenvalue weighted by Gasteiger charge is 2.24. The van der Waals surface area contributed by atoms with Crippen LogP contribution in [-0.2, 0) is 14.3 Å². The first kappa shape index (κ1) is 58.3. The molecule has 1 amide bonds. The van der Waals surface area contributed by atoms with Crippen LogP contribution in [-0.4, -0.2) is 46.9 Å². The van der Waals surface area contributed by atoms with E-state index in [-0.39, 0.29) is 24.9 Å².